The van der Waals surface area contributed by atoms with Crippen molar-refractivity contribution in [1.29, 1.82) is 0 Å². The van der Waals surface area contributed by atoms with Gasteiger partial charge in [0, 0.05) is 25.7 Å². The lowest BCUT2D eigenvalue weighted by atomic mass is 9.76. The number of imide groups is 1. The normalized spacial score (nSPS) is 22.7. The summed E-state index contributed by atoms with van der Waals surface area (Å²) in [6.07, 6.45) is 1.90. The Labute approximate surface area is 237 Å². The van der Waals surface area contributed by atoms with Crippen molar-refractivity contribution >= 4 is 40.8 Å². The molecule has 202 valence electrons. The first-order valence-electron chi connectivity index (χ1n) is 13.0. The van der Waals surface area contributed by atoms with Crippen LogP contribution in [0.15, 0.2) is 60.7 Å². The van der Waals surface area contributed by atoms with E-state index in [1.807, 2.05) is 42.5 Å². The molecular formula is C30H29Cl2N3O4. The maximum atomic E-state index is 14.4. The van der Waals surface area contributed by atoms with Crippen LogP contribution in [-0.2, 0) is 17.8 Å². The van der Waals surface area contributed by atoms with Crippen LogP contribution in [0, 0.1) is 0 Å². The second kappa shape index (κ2) is 10.0. The van der Waals surface area contributed by atoms with Crippen molar-refractivity contribution in [2.45, 2.75) is 37.4 Å². The van der Waals surface area contributed by atoms with E-state index in [9.17, 15) is 9.59 Å². The summed E-state index contributed by atoms with van der Waals surface area (Å²) in [4.78, 5) is 34.0. The van der Waals surface area contributed by atoms with E-state index in [1.54, 1.807) is 37.3 Å². The van der Waals surface area contributed by atoms with Crippen LogP contribution in [-0.4, -0.2) is 54.6 Å². The highest BCUT2D eigenvalue weighted by Crippen LogP contribution is 2.49. The van der Waals surface area contributed by atoms with E-state index in [-0.39, 0.29) is 18.0 Å². The third kappa shape index (κ3) is 4.24. The molecule has 9 heteroatoms. The molecule has 0 bridgehead atoms. The lowest BCUT2D eigenvalue weighted by Gasteiger charge is -2.49. The van der Waals surface area contributed by atoms with Crippen LogP contribution in [0.25, 0.3) is 0 Å². The molecular weight excluding hydrogens is 537 g/mol. The molecule has 39 heavy (non-hydrogen) atoms. The first kappa shape index (κ1) is 26.0. The highest BCUT2D eigenvalue weighted by Gasteiger charge is 2.60. The van der Waals surface area contributed by atoms with Crippen molar-refractivity contribution < 1.29 is 19.1 Å². The highest BCUT2D eigenvalue weighted by molar-refractivity contribution is 6.42. The van der Waals surface area contributed by atoms with Gasteiger partial charge < -0.3 is 14.4 Å². The summed E-state index contributed by atoms with van der Waals surface area (Å²) < 4.78 is 11.2. The van der Waals surface area contributed by atoms with Gasteiger partial charge in [-0.2, -0.15) is 0 Å². The number of benzene rings is 3. The summed E-state index contributed by atoms with van der Waals surface area (Å²) in [7, 11) is 3.26. The average molecular weight is 566 g/mol. The molecule has 3 aliphatic rings. The second-order valence-corrected chi connectivity index (χ2v) is 11.1. The van der Waals surface area contributed by atoms with Crippen molar-refractivity contribution in [3.05, 3.63) is 87.4 Å². The first-order valence-corrected chi connectivity index (χ1v) is 13.8. The zero-order valence-electron chi connectivity index (χ0n) is 21.8. The number of fused-ring (bicyclic) bond motifs is 3. The molecule has 1 spiro atoms. The van der Waals surface area contributed by atoms with Crippen molar-refractivity contribution in [2.24, 2.45) is 0 Å². The molecule has 3 aliphatic heterocycles. The maximum Gasteiger partial charge on any atom is 0.332 e. The quantitative estimate of drug-likeness (QED) is 0.349. The topological polar surface area (TPSA) is 62.3 Å². The molecule has 0 unspecified atom stereocenters. The van der Waals surface area contributed by atoms with Gasteiger partial charge in [-0.25, -0.2) is 9.69 Å². The monoisotopic (exact) mass is 565 g/mol. The average Bonchev–Trinajstić information content (AvgIpc) is 3.15. The van der Waals surface area contributed by atoms with Gasteiger partial charge >= 0.3 is 6.03 Å². The Morgan fingerprint density at radius 3 is 2.38 bits per heavy atom. The molecule has 0 N–H and O–H groups in total. The Morgan fingerprint density at radius 1 is 0.923 bits per heavy atom. The predicted molar refractivity (Wildman–Crippen MR) is 151 cm³/mol. The number of carbonyl (C=O) groups excluding carboxylic acids is 2. The van der Waals surface area contributed by atoms with Crippen LogP contribution < -0.4 is 14.4 Å². The van der Waals surface area contributed by atoms with Crippen molar-refractivity contribution in [3.63, 3.8) is 0 Å². The summed E-state index contributed by atoms with van der Waals surface area (Å²) in [6.45, 7) is 1.90. The number of ether oxygens (including phenoxy) is 2. The number of nitrogens with zero attached hydrogens (tertiary/aromatic N) is 3. The van der Waals surface area contributed by atoms with Crippen molar-refractivity contribution in [1.82, 2.24) is 9.80 Å². The van der Waals surface area contributed by atoms with Crippen LogP contribution in [0.3, 0.4) is 0 Å². The molecule has 6 rings (SSSR count). The Hall–Kier alpha value is -3.26. The molecule has 3 aromatic carbocycles. The molecule has 2 atom stereocenters. The van der Waals surface area contributed by atoms with Gasteiger partial charge in [-0.15, -0.1) is 0 Å². The molecule has 3 amide bonds. The summed E-state index contributed by atoms with van der Waals surface area (Å²) in [6, 6.07) is 18.3. The predicted octanol–water partition coefficient (Wildman–Crippen LogP) is 6.11. The summed E-state index contributed by atoms with van der Waals surface area (Å²) in [5.41, 5.74) is 2.67. The van der Waals surface area contributed by atoms with Crippen LogP contribution in [0.1, 0.15) is 35.6 Å². The largest absolute Gasteiger partial charge is 0.493 e. The molecule has 2 fully saturated rings. The summed E-state index contributed by atoms with van der Waals surface area (Å²) in [5, 5.41) is 0.661. The number of halogens is 2. The van der Waals surface area contributed by atoms with Crippen molar-refractivity contribution in [2.75, 3.05) is 32.2 Å². The number of anilines is 1. The Morgan fingerprint density at radius 2 is 1.67 bits per heavy atom. The number of carbonyl (C=O) groups is 2. The van der Waals surface area contributed by atoms with Crippen molar-refractivity contribution in [3.8, 4) is 11.5 Å². The summed E-state index contributed by atoms with van der Waals surface area (Å²) >= 11 is 12.5. The molecule has 2 saturated heterocycles. The van der Waals surface area contributed by atoms with Gasteiger partial charge in [0.2, 0.25) is 0 Å². The number of piperidine rings is 1. The number of rotatable bonds is 5. The van der Waals surface area contributed by atoms with Crippen LogP contribution in [0.5, 0.6) is 11.5 Å². The van der Waals surface area contributed by atoms with E-state index in [2.05, 4.69) is 4.90 Å². The highest BCUT2D eigenvalue weighted by atomic mass is 35.5. The van der Waals surface area contributed by atoms with Crippen LogP contribution in [0.2, 0.25) is 10.0 Å². The van der Waals surface area contributed by atoms with Crippen LogP contribution in [0.4, 0.5) is 10.5 Å². The molecule has 0 saturated carbocycles. The minimum absolute atomic E-state index is 0.0499. The first-order chi connectivity index (χ1) is 18.9. The van der Waals surface area contributed by atoms with Gasteiger partial charge in [-0.05, 0) is 66.3 Å². The molecule has 7 nitrogen and oxygen atoms in total. The minimum atomic E-state index is -1.01. The van der Waals surface area contributed by atoms with E-state index in [0.717, 1.165) is 24.1 Å². The zero-order valence-corrected chi connectivity index (χ0v) is 23.3. The lowest BCUT2D eigenvalue weighted by Crippen LogP contribution is -2.58. The fraction of sp³-hybridized carbons (Fsp3) is 0.333. The minimum Gasteiger partial charge on any atom is -0.493 e. The molecule has 0 aromatic heterocycles. The fourth-order valence-corrected chi connectivity index (χ4v) is 6.62. The van der Waals surface area contributed by atoms with E-state index >= 15 is 0 Å². The van der Waals surface area contributed by atoms with Gasteiger partial charge in [0.15, 0.2) is 11.5 Å². The SMILES string of the molecule is COc1cc2c(cc1OC)[C@H]1C[C@@]3(CCN1CC2)C(=O)N(c1ccc(Cl)c(Cl)c1)C(=O)N3Cc1ccccc1. The standard InChI is InChI=1S/C30H29Cl2N3O4/c1-38-26-14-20-10-12-33-13-11-30(17-25(33)22(20)16-27(26)39-2)28(36)35(21-8-9-23(31)24(32)15-21)29(37)34(30)18-19-6-4-3-5-7-19/h3-9,14-16,25H,10-13,17-18H2,1-2H3/t25-,30+/m1/s1. The fourth-order valence-electron chi connectivity index (χ4n) is 6.33. The van der Waals surface area contributed by atoms with E-state index in [4.69, 9.17) is 32.7 Å². The number of amides is 3. The summed E-state index contributed by atoms with van der Waals surface area (Å²) in [5.74, 6) is 1.12. The molecule has 0 aliphatic carbocycles. The number of hydrogen-bond acceptors (Lipinski definition) is 5. The van der Waals surface area contributed by atoms with E-state index < -0.39 is 5.54 Å². The van der Waals surface area contributed by atoms with Gasteiger partial charge in [0.1, 0.15) is 5.54 Å². The third-order valence-corrected chi connectivity index (χ3v) is 9.08. The van der Waals surface area contributed by atoms with Gasteiger partial charge in [-0.3, -0.25) is 9.69 Å². The van der Waals surface area contributed by atoms with Gasteiger partial charge in [0.05, 0.1) is 30.0 Å². The number of urea groups is 1. The Kier molecular flexibility index (Phi) is 6.69. The second-order valence-electron chi connectivity index (χ2n) is 10.3. The molecule has 0 radical (unpaired) electrons. The number of hydrogen-bond donors (Lipinski definition) is 0. The third-order valence-electron chi connectivity index (χ3n) is 8.34. The lowest BCUT2D eigenvalue weighted by molar-refractivity contribution is -0.129. The van der Waals surface area contributed by atoms with Crippen LogP contribution >= 0.6 is 23.2 Å². The van der Waals surface area contributed by atoms with E-state index in [0.29, 0.717) is 53.2 Å². The Balaban J connectivity index is 1.44. The molecule has 3 aromatic rings. The smallest absolute Gasteiger partial charge is 0.332 e. The van der Waals surface area contributed by atoms with Gasteiger partial charge in [0.25, 0.3) is 5.91 Å². The maximum absolute atomic E-state index is 14.4. The zero-order chi connectivity index (χ0) is 27.3. The van der Waals surface area contributed by atoms with Gasteiger partial charge in [-0.1, -0.05) is 53.5 Å². The Bertz CT molecular complexity index is 1450. The number of methoxy groups -OCH3 is 2. The van der Waals surface area contributed by atoms with E-state index in [1.165, 1.54) is 10.5 Å². The molecule has 3 heterocycles.